The van der Waals surface area contributed by atoms with Crippen LogP contribution >= 0.6 is 0 Å². The SMILES string of the molecule is CCCC(C)O[Si]1(C)CCC(C)(C)O[Si]1(C)C. The molecule has 0 amide bonds. The van der Waals surface area contributed by atoms with Gasteiger partial charge in [-0.15, -0.1) is 0 Å². The van der Waals surface area contributed by atoms with Gasteiger partial charge in [0.05, 0.1) is 5.60 Å². The molecule has 0 aliphatic carbocycles. The van der Waals surface area contributed by atoms with Gasteiger partial charge in [0, 0.05) is 6.10 Å². The summed E-state index contributed by atoms with van der Waals surface area (Å²) in [5, 5.41) is 0. The zero-order valence-corrected chi connectivity index (χ0v) is 14.7. The third-order valence-corrected chi connectivity index (χ3v) is 19.0. The average Bonchev–Trinajstić information content (AvgIpc) is 2.11. The van der Waals surface area contributed by atoms with E-state index < -0.39 is 15.7 Å². The maximum Gasteiger partial charge on any atom is 0.208 e. The van der Waals surface area contributed by atoms with Crippen LogP contribution in [0.3, 0.4) is 0 Å². The van der Waals surface area contributed by atoms with Gasteiger partial charge >= 0.3 is 0 Å². The van der Waals surface area contributed by atoms with E-state index >= 15 is 0 Å². The Morgan fingerprint density at radius 3 is 2.35 bits per heavy atom. The molecule has 1 aliphatic rings. The molecule has 2 unspecified atom stereocenters. The summed E-state index contributed by atoms with van der Waals surface area (Å²) >= 11 is 0. The van der Waals surface area contributed by atoms with Gasteiger partial charge < -0.3 is 8.85 Å². The van der Waals surface area contributed by atoms with Crippen molar-refractivity contribution < 1.29 is 8.85 Å². The molecule has 0 spiro atoms. The van der Waals surface area contributed by atoms with Crippen LogP contribution in [0.4, 0.5) is 0 Å². The molecule has 0 radical (unpaired) electrons. The summed E-state index contributed by atoms with van der Waals surface area (Å²) in [6, 6.07) is 1.27. The maximum absolute atomic E-state index is 6.50. The second-order valence-electron chi connectivity index (χ2n) is 6.82. The van der Waals surface area contributed by atoms with Gasteiger partial charge in [0.1, 0.15) is 0 Å². The Labute approximate surface area is 109 Å². The van der Waals surface area contributed by atoms with Crippen LogP contribution < -0.4 is 0 Å². The number of hydrogen-bond donors (Lipinski definition) is 0. The van der Waals surface area contributed by atoms with Gasteiger partial charge in [0.15, 0.2) is 0 Å². The molecule has 0 aromatic rings. The van der Waals surface area contributed by atoms with E-state index in [2.05, 4.69) is 47.3 Å². The van der Waals surface area contributed by atoms with Crippen LogP contribution in [0, 0.1) is 0 Å². The summed E-state index contributed by atoms with van der Waals surface area (Å²) in [5.74, 6) is 0. The first-order valence-electron chi connectivity index (χ1n) is 7.00. The highest BCUT2D eigenvalue weighted by atomic mass is 29.3. The summed E-state index contributed by atoms with van der Waals surface area (Å²) in [7, 11) is -3.29. The molecule has 1 saturated heterocycles. The topological polar surface area (TPSA) is 18.5 Å². The van der Waals surface area contributed by atoms with Gasteiger partial charge in [-0.1, -0.05) is 13.3 Å². The van der Waals surface area contributed by atoms with Crippen molar-refractivity contribution in [1.29, 1.82) is 0 Å². The smallest absolute Gasteiger partial charge is 0.208 e. The Morgan fingerprint density at radius 2 is 1.88 bits per heavy atom. The second-order valence-corrected chi connectivity index (χ2v) is 20.0. The van der Waals surface area contributed by atoms with Crippen LogP contribution in [0.5, 0.6) is 0 Å². The molecule has 2 nitrogen and oxygen atoms in total. The Kier molecular flexibility index (Phi) is 4.67. The quantitative estimate of drug-likeness (QED) is 0.714. The lowest BCUT2D eigenvalue weighted by molar-refractivity contribution is 0.0810. The van der Waals surface area contributed by atoms with Crippen LogP contribution in [-0.2, 0) is 8.85 Å². The van der Waals surface area contributed by atoms with E-state index in [1.54, 1.807) is 0 Å². The van der Waals surface area contributed by atoms with Crippen LogP contribution in [0.1, 0.15) is 47.0 Å². The Hall–Kier alpha value is 0.354. The average molecular weight is 275 g/mol. The molecule has 0 aromatic heterocycles. The van der Waals surface area contributed by atoms with Crippen molar-refractivity contribution >= 4 is 15.7 Å². The summed E-state index contributed by atoms with van der Waals surface area (Å²) in [5.41, 5.74) is 0.0690. The minimum atomic E-state index is -1.65. The van der Waals surface area contributed by atoms with E-state index in [4.69, 9.17) is 8.85 Å². The lowest BCUT2D eigenvalue weighted by Crippen LogP contribution is -2.67. The largest absolute Gasteiger partial charge is 0.414 e. The van der Waals surface area contributed by atoms with Gasteiger partial charge in [-0.3, -0.25) is 0 Å². The molecular formula is C13H30O2Si2. The third-order valence-electron chi connectivity index (χ3n) is 4.17. The maximum atomic E-state index is 6.50. The minimum absolute atomic E-state index is 0.0690. The number of rotatable bonds is 4. The van der Waals surface area contributed by atoms with E-state index in [1.165, 1.54) is 18.9 Å². The third kappa shape index (κ3) is 3.66. The molecule has 1 heterocycles. The lowest BCUT2D eigenvalue weighted by Gasteiger charge is -2.51. The van der Waals surface area contributed by atoms with E-state index in [1.807, 2.05) is 0 Å². The van der Waals surface area contributed by atoms with Crippen molar-refractivity contribution in [3.8, 4) is 0 Å². The molecule has 0 saturated carbocycles. The molecule has 0 aromatic carbocycles. The van der Waals surface area contributed by atoms with E-state index in [-0.39, 0.29) is 5.60 Å². The summed E-state index contributed by atoms with van der Waals surface area (Å²) in [6.07, 6.45) is 3.95. The molecule has 2 atom stereocenters. The van der Waals surface area contributed by atoms with Gasteiger partial charge in [-0.25, -0.2) is 0 Å². The summed E-state index contributed by atoms with van der Waals surface area (Å²) in [4.78, 5) is 0. The fourth-order valence-corrected chi connectivity index (χ4v) is 12.7. The Bertz CT molecular complexity index is 266. The molecule has 1 fully saturated rings. The summed E-state index contributed by atoms with van der Waals surface area (Å²) in [6.45, 7) is 16.0. The lowest BCUT2D eigenvalue weighted by atomic mass is 10.1. The van der Waals surface area contributed by atoms with Crippen LogP contribution in [0.15, 0.2) is 0 Å². The van der Waals surface area contributed by atoms with Crippen molar-refractivity contribution in [3.05, 3.63) is 0 Å². The predicted molar refractivity (Wildman–Crippen MR) is 79.1 cm³/mol. The van der Waals surface area contributed by atoms with Crippen LogP contribution in [0.2, 0.25) is 25.7 Å². The van der Waals surface area contributed by atoms with Crippen LogP contribution in [-0.4, -0.2) is 27.4 Å². The molecule has 4 heteroatoms. The van der Waals surface area contributed by atoms with Crippen molar-refractivity contribution in [1.82, 2.24) is 0 Å². The Balaban J connectivity index is 2.75. The van der Waals surface area contributed by atoms with Crippen molar-refractivity contribution in [2.24, 2.45) is 0 Å². The number of hydrogen-bond acceptors (Lipinski definition) is 2. The zero-order chi connectivity index (χ0) is 13.3. The minimum Gasteiger partial charge on any atom is -0.414 e. The van der Waals surface area contributed by atoms with Gasteiger partial charge in [0.2, 0.25) is 15.7 Å². The second kappa shape index (κ2) is 5.15. The fraction of sp³-hybridized carbons (Fsp3) is 1.00. The molecule has 17 heavy (non-hydrogen) atoms. The first-order chi connectivity index (χ1) is 7.62. The first-order valence-corrected chi connectivity index (χ1v) is 13.5. The van der Waals surface area contributed by atoms with E-state index in [0.717, 1.165) is 6.42 Å². The molecule has 1 rings (SSSR count). The van der Waals surface area contributed by atoms with E-state index in [0.29, 0.717) is 6.10 Å². The molecule has 1 aliphatic heterocycles. The molecular weight excluding hydrogens is 244 g/mol. The highest BCUT2D eigenvalue weighted by Gasteiger charge is 2.55. The molecule has 102 valence electrons. The standard InChI is InChI=1S/C13H30O2Si2/c1-8-9-12(2)14-17(7)11-10-13(3,4)15-16(17,5)6/h12H,8-11H2,1-7H3. The molecule has 0 bridgehead atoms. The van der Waals surface area contributed by atoms with Gasteiger partial charge in [-0.05, 0) is 59.3 Å². The van der Waals surface area contributed by atoms with Crippen molar-refractivity contribution in [2.45, 2.75) is 84.3 Å². The highest BCUT2D eigenvalue weighted by Crippen LogP contribution is 2.40. The molecule has 0 N–H and O–H groups in total. The summed E-state index contributed by atoms with van der Waals surface area (Å²) < 4.78 is 12.9. The van der Waals surface area contributed by atoms with Gasteiger partial charge in [-0.2, -0.15) is 0 Å². The first kappa shape index (κ1) is 15.4. The van der Waals surface area contributed by atoms with Gasteiger partial charge in [0.25, 0.3) is 0 Å². The predicted octanol–water partition coefficient (Wildman–Crippen LogP) is 4.25. The monoisotopic (exact) mass is 274 g/mol. The highest BCUT2D eigenvalue weighted by molar-refractivity contribution is 7.36. The zero-order valence-electron chi connectivity index (χ0n) is 12.7. The van der Waals surface area contributed by atoms with Crippen molar-refractivity contribution in [3.63, 3.8) is 0 Å². The van der Waals surface area contributed by atoms with Crippen molar-refractivity contribution in [2.75, 3.05) is 0 Å². The van der Waals surface area contributed by atoms with Crippen LogP contribution in [0.25, 0.3) is 0 Å². The Morgan fingerprint density at radius 1 is 1.29 bits per heavy atom. The van der Waals surface area contributed by atoms with E-state index in [9.17, 15) is 0 Å². The fourth-order valence-electron chi connectivity index (χ4n) is 2.80. The normalized spacial score (nSPS) is 33.4.